The second kappa shape index (κ2) is 11.7. The second-order valence-corrected chi connectivity index (χ2v) is 9.13. The van der Waals surface area contributed by atoms with Crippen LogP contribution in [0.25, 0.3) is 38.3 Å². The maximum absolute atomic E-state index is 2.42. The van der Waals surface area contributed by atoms with Crippen LogP contribution in [0.2, 0.25) is 0 Å². The molecule has 0 saturated carbocycles. The van der Waals surface area contributed by atoms with Crippen molar-refractivity contribution in [1.82, 2.24) is 4.57 Å². The first-order chi connectivity index (χ1) is 17.7. The highest BCUT2D eigenvalue weighted by Crippen LogP contribution is 2.36. The van der Waals surface area contributed by atoms with Gasteiger partial charge in [-0.15, -0.1) is 0 Å². The molecule has 1 aromatic heterocycles. The summed E-state index contributed by atoms with van der Waals surface area (Å²) in [5.41, 5.74) is 6.52. The predicted octanol–water partition coefficient (Wildman–Crippen LogP) is 10.5. The van der Waals surface area contributed by atoms with Crippen molar-refractivity contribution in [2.24, 2.45) is 0 Å². The van der Waals surface area contributed by atoms with Crippen LogP contribution in [0.1, 0.15) is 51.2 Å². The molecule has 0 bridgehead atoms. The molecule has 1 unspecified atom stereocenters. The Morgan fingerprint density at radius 2 is 1.17 bits per heavy atom. The molecule has 182 valence electrons. The quantitative estimate of drug-likeness (QED) is 0.242. The molecule has 1 heterocycles. The molecule has 0 aliphatic carbocycles. The summed E-state index contributed by atoms with van der Waals surface area (Å²) >= 11 is 0. The number of rotatable bonds is 3. The first-order valence-corrected chi connectivity index (χ1v) is 13.2. The number of aromatic nitrogens is 1. The van der Waals surface area contributed by atoms with Gasteiger partial charge in [0.25, 0.3) is 0 Å². The molecule has 0 aliphatic heterocycles. The van der Waals surface area contributed by atoms with Gasteiger partial charge in [-0.3, -0.25) is 0 Å². The number of hydrogen-bond acceptors (Lipinski definition) is 0. The Morgan fingerprint density at radius 3 is 1.75 bits per heavy atom. The van der Waals surface area contributed by atoms with Crippen molar-refractivity contribution in [3.05, 3.63) is 126 Å². The molecule has 6 rings (SSSR count). The lowest BCUT2D eigenvalue weighted by molar-refractivity contribution is 0.734. The summed E-state index contributed by atoms with van der Waals surface area (Å²) in [7, 11) is 0. The van der Waals surface area contributed by atoms with E-state index in [4.69, 9.17) is 0 Å². The number of para-hydroxylation sites is 1. The highest BCUT2D eigenvalue weighted by atomic mass is 15.0. The van der Waals surface area contributed by atoms with Gasteiger partial charge in [-0.2, -0.15) is 0 Å². The summed E-state index contributed by atoms with van der Waals surface area (Å²) < 4.78 is 2.42. The van der Waals surface area contributed by atoms with Gasteiger partial charge >= 0.3 is 0 Å². The minimum Gasteiger partial charge on any atom is -0.309 e. The van der Waals surface area contributed by atoms with E-state index in [1.54, 1.807) is 0 Å². The summed E-state index contributed by atoms with van der Waals surface area (Å²) in [6, 6.07) is 41.3. The zero-order chi connectivity index (χ0) is 25.5. The topological polar surface area (TPSA) is 4.93 Å². The maximum Gasteiger partial charge on any atom is 0.0547 e. The minimum absolute atomic E-state index is 0.565. The van der Waals surface area contributed by atoms with Crippen LogP contribution in [0.15, 0.2) is 115 Å². The average Bonchev–Trinajstić information content (AvgIpc) is 3.26. The van der Waals surface area contributed by atoms with Crippen LogP contribution in [0.4, 0.5) is 0 Å². The normalized spacial score (nSPS) is 11.5. The number of hydrogen-bond donors (Lipinski definition) is 0. The summed E-state index contributed by atoms with van der Waals surface area (Å²) in [5.74, 6) is 0.565. The molecular weight excluding hydrogens is 434 g/mol. The van der Waals surface area contributed by atoms with Crippen molar-refractivity contribution in [2.75, 3.05) is 0 Å². The maximum atomic E-state index is 2.42. The van der Waals surface area contributed by atoms with Gasteiger partial charge in [0.15, 0.2) is 0 Å². The van der Waals surface area contributed by atoms with Crippen LogP contribution < -0.4 is 0 Å². The Kier molecular flexibility index (Phi) is 8.23. The Morgan fingerprint density at radius 1 is 0.611 bits per heavy atom. The van der Waals surface area contributed by atoms with Gasteiger partial charge in [-0.25, -0.2) is 0 Å². The Labute approximate surface area is 216 Å². The van der Waals surface area contributed by atoms with Crippen LogP contribution >= 0.6 is 0 Å². The molecule has 0 radical (unpaired) electrons. The van der Waals surface area contributed by atoms with Crippen LogP contribution in [0, 0.1) is 6.92 Å². The van der Waals surface area contributed by atoms with Crippen molar-refractivity contribution in [3.8, 4) is 5.69 Å². The minimum atomic E-state index is 0.565. The fourth-order valence-electron chi connectivity index (χ4n) is 4.65. The molecule has 1 nitrogen and oxygen atoms in total. The van der Waals surface area contributed by atoms with Crippen molar-refractivity contribution < 1.29 is 0 Å². The summed E-state index contributed by atoms with van der Waals surface area (Å²) in [6.07, 6.45) is 1.15. The number of aryl methyl sites for hydroxylation is 1. The standard InChI is InChI=1S/C26H23N.C7H8.C2H6/c1-3-18(2)19-13-14-23-24-15-20-9-7-8-10-21(20)17-26(24)27(25(23)16-19)22-11-5-4-6-12-22;1-7-5-3-2-4-6-7;1-2/h4-18H,3H2,1-2H3;2-6H,1H3;1-2H3. The molecule has 6 aromatic rings. The van der Waals surface area contributed by atoms with Crippen LogP contribution in [0.3, 0.4) is 0 Å². The van der Waals surface area contributed by atoms with Gasteiger partial charge < -0.3 is 4.57 Å². The first kappa shape index (κ1) is 25.3. The molecule has 0 amide bonds. The molecular formula is C35H37N. The van der Waals surface area contributed by atoms with E-state index < -0.39 is 0 Å². The van der Waals surface area contributed by atoms with E-state index in [9.17, 15) is 0 Å². The molecule has 1 atom stereocenters. The summed E-state index contributed by atoms with van der Waals surface area (Å²) in [4.78, 5) is 0. The largest absolute Gasteiger partial charge is 0.309 e. The lowest BCUT2D eigenvalue weighted by Crippen LogP contribution is -1.95. The van der Waals surface area contributed by atoms with E-state index in [2.05, 4.69) is 122 Å². The third-order valence-corrected chi connectivity index (χ3v) is 6.79. The van der Waals surface area contributed by atoms with E-state index >= 15 is 0 Å². The lowest BCUT2D eigenvalue weighted by atomic mass is 9.97. The lowest BCUT2D eigenvalue weighted by Gasteiger charge is -2.11. The third kappa shape index (κ3) is 5.21. The molecule has 0 fully saturated rings. The molecule has 1 heteroatoms. The Bertz CT molecular complexity index is 1540. The smallest absolute Gasteiger partial charge is 0.0547 e. The van der Waals surface area contributed by atoms with E-state index in [0.717, 1.165) is 6.42 Å². The second-order valence-electron chi connectivity index (χ2n) is 9.13. The van der Waals surface area contributed by atoms with Crippen LogP contribution in [-0.2, 0) is 0 Å². The number of nitrogens with zero attached hydrogens (tertiary/aromatic N) is 1. The van der Waals surface area contributed by atoms with Gasteiger partial charge in [-0.1, -0.05) is 118 Å². The third-order valence-electron chi connectivity index (χ3n) is 6.79. The first-order valence-electron chi connectivity index (χ1n) is 13.2. The summed E-state index contributed by atoms with van der Waals surface area (Å²) in [5, 5.41) is 5.23. The zero-order valence-corrected chi connectivity index (χ0v) is 22.2. The number of fused-ring (bicyclic) bond motifs is 4. The summed E-state index contributed by atoms with van der Waals surface area (Å²) in [6.45, 7) is 10.7. The van der Waals surface area contributed by atoms with Gasteiger partial charge in [0.2, 0.25) is 0 Å². The van der Waals surface area contributed by atoms with Gasteiger partial charge in [0.05, 0.1) is 11.0 Å². The molecule has 0 saturated heterocycles. The molecule has 0 aliphatic rings. The SMILES string of the molecule is CC.CCC(C)c1ccc2c3cc4ccccc4cc3n(-c3ccccc3)c2c1.Cc1ccccc1. The molecule has 0 N–H and O–H groups in total. The fraction of sp³-hybridized carbons (Fsp3) is 0.200. The van der Waals surface area contributed by atoms with E-state index in [-0.39, 0.29) is 0 Å². The monoisotopic (exact) mass is 471 g/mol. The average molecular weight is 472 g/mol. The van der Waals surface area contributed by atoms with Gasteiger partial charge in [-0.05, 0) is 65.9 Å². The zero-order valence-electron chi connectivity index (χ0n) is 22.2. The molecule has 36 heavy (non-hydrogen) atoms. The fourth-order valence-corrected chi connectivity index (χ4v) is 4.65. The van der Waals surface area contributed by atoms with E-state index in [1.165, 1.54) is 49.4 Å². The van der Waals surface area contributed by atoms with Crippen LogP contribution in [-0.4, -0.2) is 4.57 Å². The number of benzene rings is 5. The van der Waals surface area contributed by atoms with E-state index in [1.807, 2.05) is 32.0 Å². The van der Waals surface area contributed by atoms with Crippen molar-refractivity contribution in [1.29, 1.82) is 0 Å². The van der Waals surface area contributed by atoms with Crippen LogP contribution in [0.5, 0.6) is 0 Å². The highest BCUT2D eigenvalue weighted by Gasteiger charge is 2.15. The van der Waals surface area contributed by atoms with Crippen molar-refractivity contribution in [3.63, 3.8) is 0 Å². The Balaban J connectivity index is 0.000000290. The van der Waals surface area contributed by atoms with Crippen molar-refractivity contribution in [2.45, 2.75) is 47.0 Å². The molecule has 5 aromatic carbocycles. The van der Waals surface area contributed by atoms with Gasteiger partial charge in [0, 0.05) is 16.5 Å². The van der Waals surface area contributed by atoms with Crippen molar-refractivity contribution >= 4 is 32.6 Å². The predicted molar refractivity (Wildman–Crippen MR) is 160 cm³/mol. The Hall–Kier alpha value is -3.84. The highest BCUT2D eigenvalue weighted by molar-refractivity contribution is 6.13. The molecule has 0 spiro atoms. The van der Waals surface area contributed by atoms with E-state index in [0.29, 0.717) is 5.92 Å². The van der Waals surface area contributed by atoms with Gasteiger partial charge in [0.1, 0.15) is 0 Å².